The summed E-state index contributed by atoms with van der Waals surface area (Å²) in [6, 6.07) is 2.20. The summed E-state index contributed by atoms with van der Waals surface area (Å²) in [5.41, 5.74) is 0. The standard InChI is InChI=1S/C10H13ClFNO4S/c1-17-6-8(5-14)13-18(15,16)10-4-7(12)2-3-9(10)11/h2-4,8,13-14H,5-6H2,1H3. The van der Waals surface area contributed by atoms with Crippen molar-refractivity contribution in [1.29, 1.82) is 0 Å². The van der Waals surface area contributed by atoms with E-state index in [9.17, 15) is 12.8 Å². The Morgan fingerprint density at radius 3 is 2.78 bits per heavy atom. The molecule has 1 unspecified atom stereocenters. The van der Waals surface area contributed by atoms with Gasteiger partial charge in [0.15, 0.2) is 0 Å². The molecule has 1 aromatic rings. The van der Waals surface area contributed by atoms with Gasteiger partial charge in [-0.1, -0.05) is 11.6 Å². The third kappa shape index (κ3) is 3.89. The lowest BCUT2D eigenvalue weighted by molar-refractivity contribution is 0.139. The molecule has 0 amide bonds. The van der Waals surface area contributed by atoms with Crippen LogP contribution in [0.1, 0.15) is 0 Å². The van der Waals surface area contributed by atoms with Crippen molar-refractivity contribution in [2.24, 2.45) is 0 Å². The Hall–Kier alpha value is -0.730. The number of aliphatic hydroxyl groups excluding tert-OH is 1. The van der Waals surface area contributed by atoms with Gasteiger partial charge >= 0.3 is 0 Å². The molecule has 102 valence electrons. The summed E-state index contributed by atoms with van der Waals surface area (Å²) in [6.07, 6.45) is 0. The van der Waals surface area contributed by atoms with Gasteiger partial charge in [-0.2, -0.15) is 0 Å². The molecule has 0 aliphatic rings. The molecule has 0 heterocycles. The van der Waals surface area contributed by atoms with Gasteiger partial charge in [-0.15, -0.1) is 0 Å². The molecule has 0 fully saturated rings. The largest absolute Gasteiger partial charge is 0.395 e. The number of ether oxygens (including phenoxy) is 1. The summed E-state index contributed by atoms with van der Waals surface area (Å²) in [6.45, 7) is -0.456. The lowest BCUT2D eigenvalue weighted by Gasteiger charge is -2.16. The Labute approximate surface area is 110 Å². The SMILES string of the molecule is COCC(CO)NS(=O)(=O)c1cc(F)ccc1Cl. The number of rotatable bonds is 6. The molecule has 0 aliphatic heterocycles. The van der Waals surface area contributed by atoms with Crippen molar-refractivity contribution in [3.05, 3.63) is 29.0 Å². The Bertz CT molecular complexity index is 509. The van der Waals surface area contributed by atoms with Crippen LogP contribution in [0.15, 0.2) is 23.1 Å². The summed E-state index contributed by atoms with van der Waals surface area (Å²) >= 11 is 5.70. The van der Waals surface area contributed by atoms with E-state index in [1.54, 1.807) is 0 Å². The molecule has 1 rings (SSSR count). The van der Waals surface area contributed by atoms with Gasteiger partial charge in [-0.25, -0.2) is 17.5 Å². The molecule has 0 saturated heterocycles. The Kier molecular flexibility index (Phi) is 5.48. The van der Waals surface area contributed by atoms with Crippen LogP contribution in [-0.4, -0.2) is 39.9 Å². The third-order valence-electron chi connectivity index (χ3n) is 2.09. The lowest BCUT2D eigenvalue weighted by atomic mass is 10.3. The molecule has 8 heteroatoms. The zero-order valence-electron chi connectivity index (χ0n) is 9.56. The minimum absolute atomic E-state index is 0.0112. The van der Waals surface area contributed by atoms with Crippen molar-refractivity contribution in [2.45, 2.75) is 10.9 Å². The van der Waals surface area contributed by atoms with E-state index in [0.717, 1.165) is 18.2 Å². The first-order valence-corrected chi connectivity index (χ1v) is 6.84. The second-order valence-corrected chi connectivity index (χ2v) is 5.62. The normalized spacial score (nSPS) is 13.6. The molecule has 5 nitrogen and oxygen atoms in total. The van der Waals surface area contributed by atoms with Gasteiger partial charge in [-0.05, 0) is 18.2 Å². The molecule has 0 aliphatic carbocycles. The number of halogens is 2. The fourth-order valence-corrected chi connectivity index (χ4v) is 3.01. The fourth-order valence-electron chi connectivity index (χ4n) is 1.29. The molecule has 2 N–H and O–H groups in total. The van der Waals surface area contributed by atoms with Gasteiger partial charge in [0.05, 0.1) is 24.3 Å². The second kappa shape index (κ2) is 6.44. The highest BCUT2D eigenvalue weighted by molar-refractivity contribution is 7.89. The second-order valence-electron chi connectivity index (χ2n) is 3.53. The number of hydrogen-bond donors (Lipinski definition) is 2. The summed E-state index contributed by atoms with van der Waals surface area (Å²) in [4.78, 5) is -0.376. The average molecular weight is 298 g/mol. The zero-order chi connectivity index (χ0) is 13.8. The average Bonchev–Trinajstić information content (AvgIpc) is 2.31. The van der Waals surface area contributed by atoms with Crippen LogP contribution >= 0.6 is 11.6 Å². The molecule has 1 atom stereocenters. The predicted molar refractivity (Wildman–Crippen MR) is 64.5 cm³/mol. The molecular formula is C10H13ClFNO4S. The first-order chi connectivity index (χ1) is 8.40. The van der Waals surface area contributed by atoms with Crippen LogP contribution < -0.4 is 4.72 Å². The number of sulfonamides is 1. The summed E-state index contributed by atoms with van der Waals surface area (Å²) < 4.78 is 43.8. The van der Waals surface area contributed by atoms with Crippen LogP contribution in [-0.2, 0) is 14.8 Å². The van der Waals surface area contributed by atoms with E-state index in [0.29, 0.717) is 0 Å². The van der Waals surface area contributed by atoms with Crippen LogP contribution in [0.25, 0.3) is 0 Å². The number of benzene rings is 1. The summed E-state index contributed by atoms with van der Waals surface area (Å²) in [5, 5.41) is 8.88. The van der Waals surface area contributed by atoms with Gasteiger partial charge in [0.1, 0.15) is 10.7 Å². The van der Waals surface area contributed by atoms with Gasteiger partial charge < -0.3 is 9.84 Å². The van der Waals surface area contributed by atoms with E-state index >= 15 is 0 Å². The predicted octanol–water partition coefficient (Wildman–Crippen LogP) is 0.765. The van der Waals surface area contributed by atoms with Gasteiger partial charge in [0.2, 0.25) is 10.0 Å². The van der Waals surface area contributed by atoms with Crippen molar-refractivity contribution in [1.82, 2.24) is 4.72 Å². The van der Waals surface area contributed by atoms with E-state index in [2.05, 4.69) is 4.72 Å². The highest BCUT2D eigenvalue weighted by Crippen LogP contribution is 2.22. The molecule has 1 aromatic carbocycles. The van der Waals surface area contributed by atoms with E-state index in [1.165, 1.54) is 7.11 Å². The molecule has 0 spiro atoms. The molecular weight excluding hydrogens is 285 g/mol. The number of aliphatic hydroxyl groups is 1. The number of nitrogens with one attached hydrogen (secondary N) is 1. The lowest BCUT2D eigenvalue weighted by Crippen LogP contribution is -2.40. The zero-order valence-corrected chi connectivity index (χ0v) is 11.1. The maximum absolute atomic E-state index is 13.0. The summed E-state index contributed by atoms with van der Waals surface area (Å²) in [5.74, 6) is -0.716. The topological polar surface area (TPSA) is 75.6 Å². The van der Waals surface area contributed by atoms with Gasteiger partial charge in [-0.3, -0.25) is 0 Å². The fraction of sp³-hybridized carbons (Fsp3) is 0.400. The van der Waals surface area contributed by atoms with Crippen molar-refractivity contribution >= 4 is 21.6 Å². The Balaban J connectivity index is 3.02. The molecule has 0 bridgehead atoms. The molecule has 0 aromatic heterocycles. The van der Waals surface area contributed by atoms with Crippen molar-refractivity contribution < 1.29 is 22.7 Å². The minimum atomic E-state index is -4.01. The van der Waals surface area contributed by atoms with Gasteiger partial charge in [0, 0.05) is 7.11 Å². The van der Waals surface area contributed by atoms with Crippen LogP contribution in [0.2, 0.25) is 5.02 Å². The maximum atomic E-state index is 13.0. The first kappa shape index (κ1) is 15.3. The summed E-state index contributed by atoms with van der Waals surface area (Å²) in [7, 11) is -2.64. The number of methoxy groups -OCH3 is 1. The van der Waals surface area contributed by atoms with E-state index in [4.69, 9.17) is 21.4 Å². The maximum Gasteiger partial charge on any atom is 0.242 e. The monoisotopic (exact) mass is 297 g/mol. The van der Waals surface area contributed by atoms with E-state index in [-0.39, 0.29) is 16.5 Å². The highest BCUT2D eigenvalue weighted by atomic mass is 35.5. The molecule has 0 saturated carbocycles. The molecule has 0 radical (unpaired) electrons. The smallest absolute Gasteiger partial charge is 0.242 e. The van der Waals surface area contributed by atoms with Crippen molar-refractivity contribution in [3.8, 4) is 0 Å². The first-order valence-electron chi connectivity index (χ1n) is 4.98. The third-order valence-corrected chi connectivity index (χ3v) is 4.09. The quantitative estimate of drug-likeness (QED) is 0.813. The van der Waals surface area contributed by atoms with Crippen LogP contribution in [0.3, 0.4) is 0 Å². The van der Waals surface area contributed by atoms with Crippen LogP contribution in [0.5, 0.6) is 0 Å². The van der Waals surface area contributed by atoms with Crippen LogP contribution in [0, 0.1) is 5.82 Å². The molecule has 18 heavy (non-hydrogen) atoms. The van der Waals surface area contributed by atoms with Crippen molar-refractivity contribution in [2.75, 3.05) is 20.3 Å². The number of hydrogen-bond acceptors (Lipinski definition) is 4. The highest BCUT2D eigenvalue weighted by Gasteiger charge is 2.22. The van der Waals surface area contributed by atoms with E-state index < -0.39 is 28.5 Å². The Morgan fingerprint density at radius 1 is 1.56 bits per heavy atom. The Morgan fingerprint density at radius 2 is 2.22 bits per heavy atom. The van der Waals surface area contributed by atoms with Gasteiger partial charge in [0.25, 0.3) is 0 Å². The van der Waals surface area contributed by atoms with Crippen molar-refractivity contribution in [3.63, 3.8) is 0 Å². The minimum Gasteiger partial charge on any atom is -0.395 e. The van der Waals surface area contributed by atoms with Crippen LogP contribution in [0.4, 0.5) is 4.39 Å². The van der Waals surface area contributed by atoms with E-state index in [1.807, 2.05) is 0 Å².